The van der Waals surface area contributed by atoms with Gasteiger partial charge in [-0.3, -0.25) is 0 Å². The molecular weight excluding hydrogens is 182 g/mol. The molecule has 0 amide bonds. The van der Waals surface area contributed by atoms with Crippen molar-refractivity contribution in [2.24, 2.45) is 16.5 Å². The van der Waals surface area contributed by atoms with Gasteiger partial charge in [0.25, 0.3) is 0 Å². The molecule has 0 atom stereocenters. The van der Waals surface area contributed by atoms with Crippen molar-refractivity contribution in [3.05, 3.63) is 29.3 Å². The molecular formula is C9H13N3O2. The molecule has 0 radical (unpaired) electrons. The number of nitrogens with zero attached hydrogens (tertiary/aromatic N) is 1. The minimum absolute atomic E-state index is 0.0519. The summed E-state index contributed by atoms with van der Waals surface area (Å²) in [4.78, 5) is 3.83. The quantitative estimate of drug-likeness (QED) is 0.388. The predicted molar refractivity (Wildman–Crippen MR) is 53.8 cm³/mol. The second-order valence-electron chi connectivity index (χ2n) is 2.86. The van der Waals surface area contributed by atoms with E-state index in [1.165, 1.54) is 0 Å². The van der Waals surface area contributed by atoms with Gasteiger partial charge in [-0.1, -0.05) is 6.07 Å². The van der Waals surface area contributed by atoms with Crippen molar-refractivity contribution in [2.45, 2.75) is 13.2 Å². The number of guanidine groups is 1. The zero-order valence-corrected chi connectivity index (χ0v) is 7.64. The lowest BCUT2D eigenvalue weighted by molar-refractivity contribution is 0.275. The average molecular weight is 195 g/mol. The van der Waals surface area contributed by atoms with Gasteiger partial charge in [0.05, 0.1) is 18.9 Å². The Morgan fingerprint density at radius 2 is 1.57 bits per heavy atom. The van der Waals surface area contributed by atoms with Crippen molar-refractivity contribution in [3.8, 4) is 0 Å². The molecule has 5 nitrogen and oxygen atoms in total. The fourth-order valence-electron chi connectivity index (χ4n) is 1.14. The Morgan fingerprint density at radius 1 is 1.07 bits per heavy atom. The lowest BCUT2D eigenvalue weighted by Crippen LogP contribution is -2.21. The number of aliphatic hydroxyl groups is 2. The van der Waals surface area contributed by atoms with Crippen LogP contribution in [0.3, 0.4) is 0 Å². The Bertz CT molecular complexity index is 324. The maximum Gasteiger partial charge on any atom is 0.191 e. The smallest absolute Gasteiger partial charge is 0.191 e. The van der Waals surface area contributed by atoms with Gasteiger partial charge in [0.15, 0.2) is 5.96 Å². The second-order valence-corrected chi connectivity index (χ2v) is 2.86. The molecule has 5 heteroatoms. The summed E-state index contributed by atoms with van der Waals surface area (Å²) in [5.74, 6) is -0.0519. The van der Waals surface area contributed by atoms with Crippen molar-refractivity contribution in [1.29, 1.82) is 0 Å². The highest BCUT2D eigenvalue weighted by Crippen LogP contribution is 2.17. The summed E-state index contributed by atoms with van der Waals surface area (Å²) >= 11 is 0. The fourth-order valence-corrected chi connectivity index (χ4v) is 1.14. The molecule has 1 aromatic carbocycles. The molecule has 0 aliphatic carbocycles. The van der Waals surface area contributed by atoms with Crippen LogP contribution >= 0.6 is 0 Å². The molecule has 0 bridgehead atoms. The van der Waals surface area contributed by atoms with Crippen LogP contribution in [0.4, 0.5) is 5.69 Å². The van der Waals surface area contributed by atoms with Crippen LogP contribution in [0.2, 0.25) is 0 Å². The number of hydrogen-bond acceptors (Lipinski definition) is 3. The van der Waals surface area contributed by atoms with E-state index in [1.807, 2.05) is 0 Å². The van der Waals surface area contributed by atoms with Crippen LogP contribution in [0.25, 0.3) is 0 Å². The maximum absolute atomic E-state index is 8.92. The molecule has 0 spiro atoms. The van der Waals surface area contributed by atoms with Crippen LogP contribution < -0.4 is 11.5 Å². The number of nitrogens with two attached hydrogens (primary N) is 2. The number of benzene rings is 1. The molecule has 0 heterocycles. The molecule has 1 aromatic rings. The molecule has 14 heavy (non-hydrogen) atoms. The zero-order chi connectivity index (χ0) is 10.6. The molecule has 76 valence electrons. The monoisotopic (exact) mass is 195 g/mol. The lowest BCUT2D eigenvalue weighted by Gasteiger charge is -2.03. The van der Waals surface area contributed by atoms with E-state index in [1.54, 1.807) is 18.2 Å². The van der Waals surface area contributed by atoms with Crippen LogP contribution in [-0.4, -0.2) is 16.2 Å². The van der Waals surface area contributed by atoms with Gasteiger partial charge in [-0.25, -0.2) is 4.99 Å². The van der Waals surface area contributed by atoms with Gasteiger partial charge in [-0.2, -0.15) is 0 Å². The normalized spacial score (nSPS) is 9.86. The highest BCUT2D eigenvalue weighted by Gasteiger charge is 1.99. The minimum Gasteiger partial charge on any atom is -0.392 e. The van der Waals surface area contributed by atoms with Gasteiger partial charge in [0.2, 0.25) is 0 Å². The van der Waals surface area contributed by atoms with Gasteiger partial charge in [-0.15, -0.1) is 0 Å². The van der Waals surface area contributed by atoms with Crippen molar-refractivity contribution in [1.82, 2.24) is 0 Å². The van der Waals surface area contributed by atoms with E-state index in [0.29, 0.717) is 16.8 Å². The van der Waals surface area contributed by atoms with Crippen molar-refractivity contribution in [3.63, 3.8) is 0 Å². The van der Waals surface area contributed by atoms with E-state index < -0.39 is 0 Å². The molecule has 1 rings (SSSR count). The van der Waals surface area contributed by atoms with E-state index in [2.05, 4.69) is 4.99 Å². The van der Waals surface area contributed by atoms with Gasteiger partial charge < -0.3 is 21.7 Å². The van der Waals surface area contributed by atoms with E-state index in [4.69, 9.17) is 21.7 Å². The largest absolute Gasteiger partial charge is 0.392 e. The third kappa shape index (κ3) is 2.72. The Kier molecular flexibility index (Phi) is 3.44. The Morgan fingerprint density at radius 3 is 1.93 bits per heavy atom. The number of hydrogen-bond donors (Lipinski definition) is 4. The Balaban J connectivity index is 3.10. The summed E-state index contributed by atoms with van der Waals surface area (Å²) in [6.45, 7) is -0.221. The van der Waals surface area contributed by atoms with Crippen LogP contribution in [0, 0.1) is 0 Å². The molecule has 0 unspecified atom stereocenters. The first kappa shape index (κ1) is 10.5. The highest BCUT2D eigenvalue weighted by atomic mass is 16.3. The molecule has 6 N–H and O–H groups in total. The van der Waals surface area contributed by atoms with Crippen molar-refractivity contribution in [2.75, 3.05) is 0 Å². The molecule has 0 aliphatic heterocycles. The van der Waals surface area contributed by atoms with E-state index in [-0.39, 0.29) is 19.2 Å². The molecule has 0 aromatic heterocycles. The van der Waals surface area contributed by atoms with Gasteiger partial charge in [0.1, 0.15) is 0 Å². The summed E-state index contributed by atoms with van der Waals surface area (Å²) in [6, 6.07) is 4.99. The van der Waals surface area contributed by atoms with E-state index >= 15 is 0 Å². The number of aliphatic hydroxyl groups excluding tert-OH is 2. The summed E-state index contributed by atoms with van der Waals surface area (Å²) in [5, 5.41) is 17.8. The van der Waals surface area contributed by atoms with Crippen LogP contribution in [0.5, 0.6) is 0 Å². The topological polar surface area (TPSA) is 105 Å². The van der Waals surface area contributed by atoms with Crippen molar-refractivity contribution >= 4 is 11.6 Å². The standard InChI is InChI=1S/C9H13N3O2/c10-9(11)12-8-2-6(4-13)1-7(3-8)5-14/h1-3,13-14H,4-5H2,(H4,10,11,12). The summed E-state index contributed by atoms with van der Waals surface area (Å²) in [6.07, 6.45) is 0. The minimum atomic E-state index is -0.110. The number of aliphatic imine (C=N–C) groups is 1. The van der Waals surface area contributed by atoms with Gasteiger partial charge in [0, 0.05) is 0 Å². The van der Waals surface area contributed by atoms with Crippen LogP contribution in [0.15, 0.2) is 23.2 Å². The summed E-state index contributed by atoms with van der Waals surface area (Å²) in [7, 11) is 0. The third-order valence-electron chi connectivity index (χ3n) is 1.66. The van der Waals surface area contributed by atoms with Gasteiger partial charge in [-0.05, 0) is 23.3 Å². The lowest BCUT2D eigenvalue weighted by atomic mass is 10.1. The summed E-state index contributed by atoms with van der Waals surface area (Å²) < 4.78 is 0. The molecule has 0 fully saturated rings. The highest BCUT2D eigenvalue weighted by molar-refractivity contribution is 5.79. The van der Waals surface area contributed by atoms with Crippen molar-refractivity contribution < 1.29 is 10.2 Å². The Labute approximate surface area is 81.7 Å². The van der Waals surface area contributed by atoms with Crippen LogP contribution in [0.1, 0.15) is 11.1 Å². The molecule has 0 aliphatic rings. The average Bonchev–Trinajstić information content (AvgIpc) is 2.16. The number of rotatable bonds is 3. The van der Waals surface area contributed by atoms with E-state index in [0.717, 1.165) is 0 Å². The first-order valence-electron chi connectivity index (χ1n) is 4.10. The molecule has 0 saturated heterocycles. The first-order chi connectivity index (χ1) is 6.65. The predicted octanol–water partition coefficient (Wildman–Crippen LogP) is -0.424. The van der Waals surface area contributed by atoms with Gasteiger partial charge >= 0.3 is 0 Å². The zero-order valence-electron chi connectivity index (χ0n) is 7.64. The first-order valence-corrected chi connectivity index (χ1v) is 4.10. The second kappa shape index (κ2) is 4.59. The van der Waals surface area contributed by atoms with Crippen LogP contribution in [-0.2, 0) is 13.2 Å². The van der Waals surface area contributed by atoms with E-state index in [9.17, 15) is 0 Å². The summed E-state index contributed by atoms with van der Waals surface area (Å²) in [5.41, 5.74) is 12.3. The molecule has 0 saturated carbocycles. The third-order valence-corrected chi connectivity index (χ3v) is 1.66. The fraction of sp³-hybridized carbons (Fsp3) is 0.222. The SMILES string of the molecule is NC(N)=Nc1cc(CO)cc(CO)c1. The maximum atomic E-state index is 8.92. The Hall–Kier alpha value is -1.59.